The molecular weight excluding hydrogens is 256 g/mol. The Morgan fingerprint density at radius 1 is 1.15 bits per heavy atom. The SMILES string of the molecule is CCCCC(=Cc1ccccc1)/C(=C/C(=O)O)C(=O)O. The summed E-state index contributed by atoms with van der Waals surface area (Å²) >= 11 is 0. The van der Waals surface area contributed by atoms with Crippen molar-refractivity contribution in [3.63, 3.8) is 0 Å². The average molecular weight is 274 g/mol. The number of hydrogen-bond donors (Lipinski definition) is 2. The minimum Gasteiger partial charge on any atom is -0.478 e. The summed E-state index contributed by atoms with van der Waals surface area (Å²) in [5, 5.41) is 18.0. The van der Waals surface area contributed by atoms with Gasteiger partial charge >= 0.3 is 11.9 Å². The van der Waals surface area contributed by atoms with Gasteiger partial charge in [0.15, 0.2) is 0 Å². The van der Waals surface area contributed by atoms with Crippen LogP contribution in [0.4, 0.5) is 0 Å². The van der Waals surface area contributed by atoms with Crippen LogP contribution in [0.25, 0.3) is 6.08 Å². The van der Waals surface area contributed by atoms with E-state index >= 15 is 0 Å². The summed E-state index contributed by atoms with van der Waals surface area (Å²) in [6, 6.07) is 9.28. The number of carboxylic acid groups (broad SMARTS) is 2. The van der Waals surface area contributed by atoms with E-state index in [-0.39, 0.29) is 5.57 Å². The summed E-state index contributed by atoms with van der Waals surface area (Å²) in [6.45, 7) is 2.00. The molecule has 0 aliphatic heterocycles. The summed E-state index contributed by atoms with van der Waals surface area (Å²) in [5.41, 5.74) is 1.24. The van der Waals surface area contributed by atoms with E-state index in [1.807, 2.05) is 37.3 Å². The number of benzene rings is 1. The van der Waals surface area contributed by atoms with Gasteiger partial charge in [0, 0.05) is 6.08 Å². The molecule has 0 aliphatic carbocycles. The molecule has 0 atom stereocenters. The van der Waals surface area contributed by atoms with E-state index in [1.54, 1.807) is 6.08 Å². The lowest BCUT2D eigenvalue weighted by Crippen LogP contribution is -2.07. The smallest absolute Gasteiger partial charge is 0.336 e. The van der Waals surface area contributed by atoms with Gasteiger partial charge in [-0.15, -0.1) is 0 Å². The van der Waals surface area contributed by atoms with Crippen LogP contribution in [0.1, 0.15) is 31.7 Å². The fourth-order valence-corrected chi connectivity index (χ4v) is 1.82. The van der Waals surface area contributed by atoms with Gasteiger partial charge in [-0.1, -0.05) is 49.8 Å². The highest BCUT2D eigenvalue weighted by molar-refractivity contribution is 5.99. The van der Waals surface area contributed by atoms with Gasteiger partial charge in [-0.2, -0.15) is 0 Å². The molecule has 0 radical (unpaired) electrons. The molecule has 0 saturated carbocycles. The Balaban J connectivity index is 3.19. The lowest BCUT2D eigenvalue weighted by molar-refractivity contribution is -0.134. The van der Waals surface area contributed by atoms with Crippen LogP contribution in [-0.4, -0.2) is 22.2 Å². The Labute approximate surface area is 118 Å². The van der Waals surface area contributed by atoms with Crippen molar-refractivity contribution in [2.75, 3.05) is 0 Å². The van der Waals surface area contributed by atoms with E-state index in [0.717, 1.165) is 24.5 Å². The third-order valence-corrected chi connectivity index (χ3v) is 2.78. The molecule has 0 saturated heterocycles. The standard InChI is InChI=1S/C16H18O4/c1-2-3-9-13(10-12-7-5-4-6-8-12)14(16(19)20)11-15(17)18/h4-8,10-11H,2-3,9H2,1H3,(H,17,18)(H,19,20)/b13-10?,14-11-. The van der Waals surface area contributed by atoms with Crippen LogP contribution in [0, 0.1) is 0 Å². The van der Waals surface area contributed by atoms with Crippen LogP contribution < -0.4 is 0 Å². The third kappa shape index (κ3) is 5.10. The number of rotatable bonds is 7. The molecule has 1 aromatic rings. The van der Waals surface area contributed by atoms with Crippen molar-refractivity contribution in [2.24, 2.45) is 0 Å². The van der Waals surface area contributed by atoms with Crippen LogP contribution in [0.5, 0.6) is 0 Å². The molecule has 1 rings (SSSR count). The molecule has 4 nitrogen and oxygen atoms in total. The maximum absolute atomic E-state index is 11.3. The van der Waals surface area contributed by atoms with Crippen LogP contribution in [0.15, 0.2) is 47.6 Å². The Hall–Kier alpha value is -2.36. The quantitative estimate of drug-likeness (QED) is 0.590. The molecule has 0 heterocycles. The van der Waals surface area contributed by atoms with Crippen LogP contribution in [0.2, 0.25) is 0 Å². The topological polar surface area (TPSA) is 74.6 Å². The molecule has 1 aromatic carbocycles. The third-order valence-electron chi connectivity index (χ3n) is 2.78. The molecule has 0 amide bonds. The minimum atomic E-state index is -1.25. The number of carbonyl (C=O) groups is 2. The molecule has 0 spiro atoms. The molecule has 106 valence electrons. The van der Waals surface area contributed by atoms with Gasteiger partial charge in [-0.25, -0.2) is 9.59 Å². The zero-order chi connectivity index (χ0) is 15.0. The molecule has 4 heteroatoms. The van der Waals surface area contributed by atoms with Gasteiger partial charge in [0.25, 0.3) is 0 Å². The van der Waals surface area contributed by atoms with E-state index in [0.29, 0.717) is 12.0 Å². The summed E-state index contributed by atoms with van der Waals surface area (Å²) in [4.78, 5) is 22.0. The molecule has 0 unspecified atom stereocenters. The van der Waals surface area contributed by atoms with Crippen molar-refractivity contribution in [1.82, 2.24) is 0 Å². The molecule has 0 fully saturated rings. The van der Waals surface area contributed by atoms with E-state index < -0.39 is 11.9 Å². The van der Waals surface area contributed by atoms with Gasteiger partial charge in [-0.05, 0) is 24.0 Å². The fraction of sp³-hybridized carbons (Fsp3) is 0.250. The van der Waals surface area contributed by atoms with E-state index in [4.69, 9.17) is 5.11 Å². The van der Waals surface area contributed by atoms with Crippen molar-refractivity contribution >= 4 is 18.0 Å². The average Bonchev–Trinajstić information content (AvgIpc) is 2.41. The first kappa shape index (κ1) is 15.7. The second-order valence-corrected chi connectivity index (χ2v) is 4.39. The van der Waals surface area contributed by atoms with Gasteiger partial charge in [-0.3, -0.25) is 0 Å². The van der Waals surface area contributed by atoms with E-state index in [9.17, 15) is 14.7 Å². The molecule has 2 N–H and O–H groups in total. The zero-order valence-electron chi connectivity index (χ0n) is 11.4. The van der Waals surface area contributed by atoms with Crippen molar-refractivity contribution < 1.29 is 19.8 Å². The first-order chi connectivity index (χ1) is 9.54. The first-order valence-electron chi connectivity index (χ1n) is 6.48. The lowest BCUT2D eigenvalue weighted by Gasteiger charge is -2.08. The number of hydrogen-bond acceptors (Lipinski definition) is 2. The van der Waals surface area contributed by atoms with Crippen molar-refractivity contribution in [2.45, 2.75) is 26.2 Å². The second kappa shape index (κ2) is 7.94. The molecule has 0 bridgehead atoms. The minimum absolute atomic E-state index is 0.158. The number of unbranched alkanes of at least 4 members (excludes halogenated alkanes) is 1. The Morgan fingerprint density at radius 3 is 2.30 bits per heavy atom. The Morgan fingerprint density at radius 2 is 1.80 bits per heavy atom. The summed E-state index contributed by atoms with van der Waals surface area (Å²) in [7, 11) is 0. The highest BCUT2D eigenvalue weighted by Crippen LogP contribution is 2.21. The molecular formula is C16H18O4. The summed E-state index contributed by atoms with van der Waals surface area (Å²) in [5.74, 6) is -2.47. The highest BCUT2D eigenvalue weighted by atomic mass is 16.4. The molecule has 0 aliphatic rings. The van der Waals surface area contributed by atoms with Crippen LogP contribution in [0.3, 0.4) is 0 Å². The maximum Gasteiger partial charge on any atom is 0.336 e. The van der Waals surface area contributed by atoms with Crippen LogP contribution in [-0.2, 0) is 9.59 Å². The van der Waals surface area contributed by atoms with Gasteiger partial charge < -0.3 is 10.2 Å². The number of aliphatic carboxylic acids is 2. The summed E-state index contributed by atoms with van der Waals surface area (Å²) in [6.07, 6.45) is 4.75. The van der Waals surface area contributed by atoms with Gasteiger partial charge in [0.2, 0.25) is 0 Å². The first-order valence-corrected chi connectivity index (χ1v) is 6.48. The normalized spacial score (nSPS) is 12.2. The largest absolute Gasteiger partial charge is 0.478 e. The van der Waals surface area contributed by atoms with Gasteiger partial charge in [0.05, 0.1) is 5.57 Å². The fourth-order valence-electron chi connectivity index (χ4n) is 1.82. The van der Waals surface area contributed by atoms with Gasteiger partial charge in [0.1, 0.15) is 0 Å². The van der Waals surface area contributed by atoms with Crippen molar-refractivity contribution in [3.8, 4) is 0 Å². The monoisotopic (exact) mass is 274 g/mol. The molecule has 0 aromatic heterocycles. The number of carboxylic acids is 2. The van der Waals surface area contributed by atoms with E-state index in [1.165, 1.54) is 0 Å². The predicted molar refractivity (Wildman–Crippen MR) is 77.3 cm³/mol. The Bertz CT molecular complexity index is 527. The van der Waals surface area contributed by atoms with Crippen LogP contribution >= 0.6 is 0 Å². The lowest BCUT2D eigenvalue weighted by atomic mass is 9.97. The van der Waals surface area contributed by atoms with Crippen molar-refractivity contribution in [3.05, 3.63) is 53.1 Å². The Kier molecular flexibility index (Phi) is 6.23. The highest BCUT2D eigenvalue weighted by Gasteiger charge is 2.15. The van der Waals surface area contributed by atoms with E-state index in [2.05, 4.69) is 0 Å². The summed E-state index contributed by atoms with van der Waals surface area (Å²) < 4.78 is 0. The second-order valence-electron chi connectivity index (χ2n) is 4.39. The maximum atomic E-state index is 11.3. The predicted octanol–water partition coefficient (Wildman–Crippen LogP) is 3.36. The van der Waals surface area contributed by atoms with Crippen molar-refractivity contribution in [1.29, 1.82) is 0 Å². The zero-order valence-corrected chi connectivity index (χ0v) is 11.4. The molecule has 20 heavy (non-hydrogen) atoms.